The van der Waals surface area contributed by atoms with Gasteiger partial charge in [0.15, 0.2) is 0 Å². The van der Waals surface area contributed by atoms with Gasteiger partial charge in [0.1, 0.15) is 5.54 Å². The molecule has 1 aliphatic carbocycles. The van der Waals surface area contributed by atoms with E-state index in [0.29, 0.717) is 24.2 Å². The Morgan fingerprint density at radius 3 is 2.47 bits per heavy atom. The first-order chi connectivity index (χ1) is 7.91. The maximum atomic E-state index is 12.5. The second kappa shape index (κ2) is 2.94. The number of halogens is 3. The lowest BCUT2D eigenvalue weighted by atomic mass is 10.1. The summed E-state index contributed by atoms with van der Waals surface area (Å²) < 4.78 is 37.6. The van der Waals surface area contributed by atoms with Gasteiger partial charge >= 0.3 is 6.18 Å². The smallest absolute Gasteiger partial charge is 0.370 e. The lowest BCUT2D eigenvalue weighted by Crippen LogP contribution is -2.41. The molecule has 1 aliphatic heterocycles. The van der Waals surface area contributed by atoms with Crippen molar-refractivity contribution in [2.45, 2.75) is 24.6 Å². The first-order valence-electron chi connectivity index (χ1n) is 5.22. The average molecular weight is 242 g/mol. The molecule has 1 heterocycles. The summed E-state index contributed by atoms with van der Waals surface area (Å²) >= 11 is 0. The fraction of sp³-hybridized carbons (Fsp3) is 0.364. The molecule has 3 rings (SSSR count). The maximum absolute atomic E-state index is 12.5. The lowest BCUT2D eigenvalue weighted by molar-refractivity contribution is -0.137. The molecule has 1 amide bonds. The van der Waals surface area contributed by atoms with E-state index in [1.54, 1.807) is 0 Å². The van der Waals surface area contributed by atoms with Crippen molar-refractivity contribution in [2.75, 3.05) is 10.6 Å². The van der Waals surface area contributed by atoms with Gasteiger partial charge in [0.2, 0.25) is 5.91 Å². The summed E-state index contributed by atoms with van der Waals surface area (Å²) in [6.45, 7) is 0. The van der Waals surface area contributed by atoms with Gasteiger partial charge in [0.25, 0.3) is 0 Å². The molecule has 0 atom stereocenters. The summed E-state index contributed by atoms with van der Waals surface area (Å²) in [4.78, 5) is 11.6. The molecule has 0 aromatic heterocycles. The van der Waals surface area contributed by atoms with E-state index in [4.69, 9.17) is 0 Å². The third-order valence-corrected chi connectivity index (χ3v) is 3.15. The van der Waals surface area contributed by atoms with E-state index in [9.17, 15) is 18.0 Å². The van der Waals surface area contributed by atoms with Crippen LogP contribution < -0.4 is 10.6 Å². The molecule has 0 radical (unpaired) electrons. The minimum absolute atomic E-state index is 0.162. The summed E-state index contributed by atoms with van der Waals surface area (Å²) in [7, 11) is 0. The first kappa shape index (κ1) is 10.4. The van der Waals surface area contributed by atoms with Crippen molar-refractivity contribution >= 4 is 17.3 Å². The topological polar surface area (TPSA) is 41.1 Å². The molecule has 17 heavy (non-hydrogen) atoms. The van der Waals surface area contributed by atoms with E-state index in [0.717, 1.165) is 12.1 Å². The molecule has 1 aromatic carbocycles. The zero-order chi connectivity index (χ0) is 12.3. The van der Waals surface area contributed by atoms with E-state index in [2.05, 4.69) is 10.6 Å². The van der Waals surface area contributed by atoms with Gasteiger partial charge in [-0.3, -0.25) is 4.79 Å². The molecule has 2 N–H and O–H groups in total. The molecule has 90 valence electrons. The van der Waals surface area contributed by atoms with Crippen LogP contribution in [0, 0.1) is 0 Å². The minimum atomic E-state index is -4.37. The number of nitrogens with one attached hydrogen (secondary N) is 2. The average Bonchev–Trinajstić information content (AvgIpc) is 2.99. The van der Waals surface area contributed by atoms with Crippen LogP contribution in [-0.4, -0.2) is 11.4 Å². The van der Waals surface area contributed by atoms with E-state index in [1.165, 1.54) is 6.07 Å². The first-order valence-corrected chi connectivity index (χ1v) is 5.22. The number of hydrogen-bond donors (Lipinski definition) is 2. The number of alkyl halides is 3. The van der Waals surface area contributed by atoms with E-state index >= 15 is 0 Å². The highest BCUT2D eigenvalue weighted by molar-refractivity contribution is 6.08. The third-order valence-electron chi connectivity index (χ3n) is 3.15. The fourth-order valence-electron chi connectivity index (χ4n) is 1.97. The minimum Gasteiger partial charge on any atom is -0.370 e. The molecule has 6 heteroatoms. The standard InChI is InChI=1S/C11H9F3N2O/c12-11(13,14)6-1-2-7-8(5-6)16-10(3-4-10)9(17)15-7/h1-2,5,16H,3-4H2,(H,15,17). The van der Waals surface area contributed by atoms with Crippen molar-refractivity contribution in [1.29, 1.82) is 0 Å². The molecule has 2 aliphatic rings. The van der Waals surface area contributed by atoms with Gasteiger partial charge < -0.3 is 10.6 Å². The third kappa shape index (κ3) is 1.55. The SMILES string of the molecule is O=C1Nc2ccc(C(F)(F)F)cc2NC12CC2. The Hall–Kier alpha value is -1.72. The second-order valence-electron chi connectivity index (χ2n) is 4.42. The molecular formula is C11H9F3N2O. The lowest BCUT2D eigenvalue weighted by Gasteiger charge is -2.27. The Bertz CT molecular complexity index is 506. The summed E-state index contributed by atoms with van der Waals surface area (Å²) in [5.74, 6) is -0.162. The number of carbonyl (C=O) groups excluding carboxylic acids is 1. The van der Waals surface area contributed by atoms with Crippen molar-refractivity contribution in [3.63, 3.8) is 0 Å². The Kier molecular flexibility index (Phi) is 1.80. The van der Waals surface area contributed by atoms with E-state index < -0.39 is 17.3 Å². The van der Waals surface area contributed by atoms with Gasteiger partial charge in [-0.05, 0) is 31.0 Å². The highest BCUT2D eigenvalue weighted by Gasteiger charge is 2.52. The van der Waals surface area contributed by atoms with Gasteiger partial charge in [-0.25, -0.2) is 0 Å². The Balaban J connectivity index is 2.02. The van der Waals surface area contributed by atoms with Crippen molar-refractivity contribution in [2.24, 2.45) is 0 Å². The number of anilines is 2. The molecule has 1 saturated carbocycles. The van der Waals surface area contributed by atoms with Crippen molar-refractivity contribution in [3.05, 3.63) is 23.8 Å². The molecule has 1 spiro atoms. The molecule has 0 unspecified atom stereocenters. The number of benzene rings is 1. The summed E-state index contributed by atoms with van der Waals surface area (Å²) in [5, 5.41) is 5.52. The number of rotatable bonds is 0. The maximum Gasteiger partial charge on any atom is 0.416 e. The quantitative estimate of drug-likeness (QED) is 0.734. The fourth-order valence-corrected chi connectivity index (χ4v) is 1.97. The van der Waals surface area contributed by atoms with Crippen LogP contribution in [0.2, 0.25) is 0 Å². The highest BCUT2D eigenvalue weighted by atomic mass is 19.4. The zero-order valence-corrected chi connectivity index (χ0v) is 8.69. The van der Waals surface area contributed by atoms with Crippen LogP contribution in [0.5, 0.6) is 0 Å². The summed E-state index contributed by atoms with van der Waals surface area (Å²) in [6.07, 6.45) is -3.04. The molecule has 3 nitrogen and oxygen atoms in total. The summed E-state index contributed by atoms with van der Waals surface area (Å²) in [5.41, 5.74) is -0.634. The molecule has 0 bridgehead atoms. The van der Waals surface area contributed by atoms with Crippen LogP contribution >= 0.6 is 0 Å². The van der Waals surface area contributed by atoms with Crippen LogP contribution in [0.25, 0.3) is 0 Å². The Morgan fingerprint density at radius 1 is 1.18 bits per heavy atom. The second-order valence-corrected chi connectivity index (χ2v) is 4.42. The predicted molar refractivity (Wildman–Crippen MR) is 55.7 cm³/mol. The van der Waals surface area contributed by atoms with Gasteiger partial charge in [-0.2, -0.15) is 13.2 Å². The van der Waals surface area contributed by atoms with Crippen LogP contribution in [0.15, 0.2) is 18.2 Å². The Labute approximate surface area is 95.0 Å². The van der Waals surface area contributed by atoms with E-state index in [1.807, 2.05) is 0 Å². The van der Waals surface area contributed by atoms with Gasteiger partial charge in [-0.1, -0.05) is 0 Å². The predicted octanol–water partition coefficient (Wildman–Crippen LogP) is 2.60. The molecule has 1 fully saturated rings. The van der Waals surface area contributed by atoms with Gasteiger partial charge in [0.05, 0.1) is 16.9 Å². The van der Waals surface area contributed by atoms with Crippen LogP contribution in [0.1, 0.15) is 18.4 Å². The van der Waals surface area contributed by atoms with Crippen molar-refractivity contribution in [3.8, 4) is 0 Å². The van der Waals surface area contributed by atoms with Gasteiger partial charge in [-0.15, -0.1) is 0 Å². The number of hydrogen-bond acceptors (Lipinski definition) is 2. The van der Waals surface area contributed by atoms with E-state index in [-0.39, 0.29) is 5.91 Å². The summed E-state index contributed by atoms with van der Waals surface area (Å²) in [6, 6.07) is 3.28. The molecule has 1 aromatic rings. The zero-order valence-electron chi connectivity index (χ0n) is 8.69. The normalized spacial score (nSPS) is 20.5. The monoisotopic (exact) mass is 242 g/mol. The molecule has 0 saturated heterocycles. The number of carbonyl (C=O) groups is 1. The van der Waals surface area contributed by atoms with Crippen LogP contribution in [-0.2, 0) is 11.0 Å². The highest BCUT2D eigenvalue weighted by Crippen LogP contribution is 2.46. The van der Waals surface area contributed by atoms with Crippen LogP contribution in [0.3, 0.4) is 0 Å². The van der Waals surface area contributed by atoms with Crippen molar-refractivity contribution < 1.29 is 18.0 Å². The van der Waals surface area contributed by atoms with Gasteiger partial charge in [0, 0.05) is 0 Å². The number of amides is 1. The van der Waals surface area contributed by atoms with Crippen molar-refractivity contribution in [1.82, 2.24) is 0 Å². The van der Waals surface area contributed by atoms with Crippen LogP contribution in [0.4, 0.5) is 24.5 Å². The Morgan fingerprint density at radius 2 is 1.88 bits per heavy atom. The number of fused-ring (bicyclic) bond motifs is 1. The molecular weight excluding hydrogens is 233 g/mol. The largest absolute Gasteiger partial charge is 0.416 e.